The van der Waals surface area contributed by atoms with Crippen LogP contribution in [0.1, 0.15) is 17.0 Å². The third kappa shape index (κ3) is 3.65. The summed E-state index contributed by atoms with van der Waals surface area (Å²) >= 11 is 17.1. The van der Waals surface area contributed by atoms with Crippen LogP contribution in [-0.2, 0) is 6.54 Å². The first kappa shape index (κ1) is 16.0. The third-order valence-corrected chi connectivity index (χ3v) is 3.89. The predicted molar refractivity (Wildman–Crippen MR) is 90.8 cm³/mol. The van der Waals surface area contributed by atoms with Gasteiger partial charge in [-0.15, -0.1) is 0 Å². The second kappa shape index (κ2) is 6.62. The highest BCUT2D eigenvalue weighted by Crippen LogP contribution is 2.24. The van der Waals surface area contributed by atoms with E-state index in [0.717, 1.165) is 22.6 Å². The Morgan fingerprint density at radius 2 is 2.10 bits per heavy atom. The molecule has 1 heterocycles. The van der Waals surface area contributed by atoms with E-state index < -0.39 is 0 Å². The quantitative estimate of drug-likeness (QED) is 0.454. The van der Waals surface area contributed by atoms with E-state index in [9.17, 15) is 0 Å². The van der Waals surface area contributed by atoms with Crippen molar-refractivity contribution in [2.45, 2.75) is 20.4 Å². The van der Waals surface area contributed by atoms with Crippen LogP contribution >= 0.6 is 35.4 Å². The monoisotopic (exact) mass is 343 g/mol. The number of aryl methyl sites for hydroxylation is 1. The molecule has 0 aliphatic rings. The Balaban J connectivity index is 2.29. The summed E-state index contributed by atoms with van der Waals surface area (Å²) in [6.45, 7) is 4.40. The van der Waals surface area contributed by atoms with E-state index >= 15 is 0 Å². The van der Waals surface area contributed by atoms with Gasteiger partial charge in [0.15, 0.2) is 5.11 Å². The molecular weight excluding hydrogens is 329 g/mol. The number of hydrogen-bond acceptors (Lipinski definition) is 3. The molecule has 1 aromatic carbocycles. The van der Waals surface area contributed by atoms with E-state index in [4.69, 9.17) is 41.3 Å². The molecule has 0 radical (unpaired) electrons. The number of nitrogens with zero attached hydrogens (tertiary/aromatic N) is 2. The summed E-state index contributed by atoms with van der Waals surface area (Å²) < 4.78 is 1.85. The lowest BCUT2D eigenvalue weighted by atomic mass is 10.2. The Kier molecular flexibility index (Phi) is 5.05. The van der Waals surface area contributed by atoms with Crippen molar-refractivity contribution in [3.05, 3.63) is 45.2 Å². The first-order chi connectivity index (χ1) is 9.92. The number of halogens is 2. The Morgan fingerprint density at radius 3 is 2.71 bits per heavy atom. The summed E-state index contributed by atoms with van der Waals surface area (Å²) in [6, 6.07) is 5.41. The average molecular weight is 344 g/mol. The van der Waals surface area contributed by atoms with Gasteiger partial charge in [0, 0.05) is 10.0 Å². The van der Waals surface area contributed by atoms with Gasteiger partial charge in [-0.3, -0.25) is 4.68 Å². The van der Waals surface area contributed by atoms with Gasteiger partial charge in [0.1, 0.15) is 0 Å². The van der Waals surface area contributed by atoms with Gasteiger partial charge in [-0.2, -0.15) is 5.10 Å². The normalized spacial score (nSPS) is 10.5. The molecule has 1 aromatic heterocycles. The van der Waals surface area contributed by atoms with Crippen LogP contribution in [0, 0.1) is 13.8 Å². The van der Waals surface area contributed by atoms with Crippen LogP contribution in [-0.4, -0.2) is 14.9 Å². The van der Waals surface area contributed by atoms with Crippen LogP contribution in [0.3, 0.4) is 0 Å². The zero-order valence-corrected chi connectivity index (χ0v) is 13.9. The van der Waals surface area contributed by atoms with E-state index in [-0.39, 0.29) is 0 Å². The molecule has 0 spiro atoms. The zero-order chi connectivity index (χ0) is 15.6. The second-order valence-electron chi connectivity index (χ2n) is 4.54. The minimum Gasteiger partial charge on any atom is -0.329 e. The molecule has 0 bridgehead atoms. The standard InChI is InChI=1S/C13H15Cl2N5S/c1-7-12(17-13(21)18-16)8(2)20(19-7)6-9-3-4-10(14)5-11(9)15/h3-5H,6,16H2,1-2H3,(H2,17,18,21). The Morgan fingerprint density at radius 1 is 1.38 bits per heavy atom. The highest BCUT2D eigenvalue weighted by atomic mass is 35.5. The average Bonchev–Trinajstić information content (AvgIpc) is 2.69. The van der Waals surface area contributed by atoms with Gasteiger partial charge in [0.25, 0.3) is 0 Å². The van der Waals surface area contributed by atoms with Crippen molar-refractivity contribution in [1.29, 1.82) is 0 Å². The molecule has 5 nitrogen and oxygen atoms in total. The molecule has 0 atom stereocenters. The topological polar surface area (TPSA) is 67.9 Å². The zero-order valence-electron chi connectivity index (χ0n) is 11.6. The largest absolute Gasteiger partial charge is 0.329 e. The van der Waals surface area contributed by atoms with Crippen molar-refractivity contribution in [1.82, 2.24) is 15.2 Å². The number of hydrogen-bond donors (Lipinski definition) is 3. The Labute approximate surface area is 138 Å². The lowest BCUT2D eigenvalue weighted by molar-refractivity contribution is 0.659. The summed E-state index contributed by atoms with van der Waals surface area (Å²) in [5.74, 6) is 5.27. The van der Waals surface area contributed by atoms with E-state index in [2.05, 4.69) is 15.8 Å². The molecule has 0 unspecified atom stereocenters. The summed E-state index contributed by atoms with van der Waals surface area (Å²) in [4.78, 5) is 0. The summed E-state index contributed by atoms with van der Waals surface area (Å²) in [6.07, 6.45) is 0. The lowest BCUT2D eigenvalue weighted by Crippen LogP contribution is -2.34. The summed E-state index contributed by atoms with van der Waals surface area (Å²) in [5, 5.41) is 9.07. The van der Waals surface area contributed by atoms with Crippen molar-refractivity contribution in [2.24, 2.45) is 5.84 Å². The number of nitrogens with one attached hydrogen (secondary N) is 2. The molecule has 0 fully saturated rings. The molecule has 4 N–H and O–H groups in total. The minimum atomic E-state index is 0.338. The number of aromatic nitrogens is 2. The van der Waals surface area contributed by atoms with Crippen LogP contribution in [0.2, 0.25) is 10.0 Å². The fourth-order valence-electron chi connectivity index (χ4n) is 1.99. The Hall–Kier alpha value is -1.34. The number of benzene rings is 1. The lowest BCUT2D eigenvalue weighted by Gasteiger charge is -2.09. The Bertz CT molecular complexity index is 683. The highest BCUT2D eigenvalue weighted by Gasteiger charge is 2.13. The molecule has 0 aliphatic carbocycles. The maximum atomic E-state index is 6.20. The first-order valence-corrected chi connectivity index (χ1v) is 7.34. The molecule has 2 aromatic rings. The van der Waals surface area contributed by atoms with Crippen LogP contribution in [0.4, 0.5) is 5.69 Å². The number of thiocarbonyl (C=S) groups is 1. The van der Waals surface area contributed by atoms with Crippen LogP contribution in [0.25, 0.3) is 0 Å². The number of hydrazine groups is 1. The molecule has 2 rings (SSSR count). The summed E-state index contributed by atoms with van der Waals surface area (Å²) in [5.41, 5.74) is 5.94. The maximum Gasteiger partial charge on any atom is 0.185 e. The number of rotatable bonds is 3. The van der Waals surface area contributed by atoms with Crippen molar-refractivity contribution < 1.29 is 0 Å². The van der Waals surface area contributed by atoms with Crippen molar-refractivity contribution >= 4 is 46.2 Å². The van der Waals surface area contributed by atoms with E-state index in [0.29, 0.717) is 21.7 Å². The van der Waals surface area contributed by atoms with Gasteiger partial charge in [-0.25, -0.2) is 5.84 Å². The molecule has 21 heavy (non-hydrogen) atoms. The molecule has 0 amide bonds. The van der Waals surface area contributed by atoms with Crippen molar-refractivity contribution in [2.75, 3.05) is 5.32 Å². The fraction of sp³-hybridized carbons (Fsp3) is 0.231. The summed E-state index contributed by atoms with van der Waals surface area (Å²) in [7, 11) is 0. The van der Waals surface area contributed by atoms with E-state index in [1.807, 2.05) is 24.6 Å². The number of nitrogens with two attached hydrogens (primary N) is 1. The SMILES string of the molecule is Cc1nn(Cc2ccc(Cl)cc2Cl)c(C)c1NC(=S)NN. The van der Waals surface area contributed by atoms with Gasteiger partial charge in [0.05, 0.1) is 23.6 Å². The van der Waals surface area contributed by atoms with Gasteiger partial charge in [-0.05, 0) is 43.8 Å². The second-order valence-corrected chi connectivity index (χ2v) is 5.79. The minimum absolute atomic E-state index is 0.338. The predicted octanol–water partition coefficient (Wildman–Crippen LogP) is 3.02. The first-order valence-electron chi connectivity index (χ1n) is 6.18. The van der Waals surface area contributed by atoms with E-state index in [1.165, 1.54) is 0 Å². The molecule has 0 saturated carbocycles. The maximum absolute atomic E-state index is 6.20. The molecule has 0 saturated heterocycles. The van der Waals surface area contributed by atoms with Gasteiger partial charge in [0.2, 0.25) is 0 Å². The fourth-order valence-corrected chi connectivity index (χ4v) is 2.56. The molecule has 0 aliphatic heterocycles. The van der Waals surface area contributed by atoms with Gasteiger partial charge >= 0.3 is 0 Å². The van der Waals surface area contributed by atoms with Crippen LogP contribution in [0.5, 0.6) is 0 Å². The van der Waals surface area contributed by atoms with Crippen LogP contribution < -0.4 is 16.6 Å². The highest BCUT2D eigenvalue weighted by molar-refractivity contribution is 7.80. The molecule has 112 valence electrons. The van der Waals surface area contributed by atoms with E-state index in [1.54, 1.807) is 12.1 Å². The van der Waals surface area contributed by atoms with Gasteiger partial charge < -0.3 is 10.7 Å². The van der Waals surface area contributed by atoms with Crippen molar-refractivity contribution in [3.63, 3.8) is 0 Å². The molecule has 8 heteroatoms. The van der Waals surface area contributed by atoms with Crippen LogP contribution in [0.15, 0.2) is 18.2 Å². The third-order valence-electron chi connectivity index (χ3n) is 3.09. The van der Waals surface area contributed by atoms with Gasteiger partial charge in [-0.1, -0.05) is 29.3 Å². The van der Waals surface area contributed by atoms with Crippen molar-refractivity contribution in [3.8, 4) is 0 Å². The number of anilines is 1. The smallest absolute Gasteiger partial charge is 0.185 e. The molecular formula is C13H15Cl2N5S.